The molecule has 0 N–H and O–H groups in total. The lowest BCUT2D eigenvalue weighted by Gasteiger charge is -2.13. The maximum atomic E-state index is 13.1. The van der Waals surface area contributed by atoms with Crippen LogP contribution in [-0.2, 0) is 6.42 Å². The Hall–Kier alpha value is -3.20. The van der Waals surface area contributed by atoms with Crippen LogP contribution < -0.4 is 5.56 Å². The van der Waals surface area contributed by atoms with Crippen molar-refractivity contribution in [3.05, 3.63) is 94.8 Å². The van der Waals surface area contributed by atoms with E-state index < -0.39 is 0 Å². The van der Waals surface area contributed by atoms with Gasteiger partial charge in [-0.2, -0.15) is 9.78 Å². The third-order valence-corrected chi connectivity index (χ3v) is 4.45. The highest BCUT2D eigenvalue weighted by atomic mass is 16.1. The molecule has 0 fully saturated rings. The first-order valence-electron chi connectivity index (χ1n) is 8.45. The van der Waals surface area contributed by atoms with Gasteiger partial charge in [-0.3, -0.25) is 4.79 Å². The van der Waals surface area contributed by atoms with Crippen molar-refractivity contribution in [2.24, 2.45) is 0 Å². The van der Waals surface area contributed by atoms with Crippen molar-refractivity contribution in [3.8, 4) is 16.9 Å². The molecular formula is C22H18N2O. The number of benzene rings is 3. The van der Waals surface area contributed by atoms with Crippen molar-refractivity contribution in [3.63, 3.8) is 0 Å². The van der Waals surface area contributed by atoms with Crippen molar-refractivity contribution in [2.45, 2.75) is 13.3 Å². The fourth-order valence-electron chi connectivity index (χ4n) is 3.18. The van der Waals surface area contributed by atoms with Crippen molar-refractivity contribution >= 4 is 10.8 Å². The molecule has 3 heteroatoms. The summed E-state index contributed by atoms with van der Waals surface area (Å²) in [6.07, 6.45) is 0.845. The van der Waals surface area contributed by atoms with Crippen LogP contribution in [0.5, 0.6) is 0 Å². The molecule has 122 valence electrons. The van der Waals surface area contributed by atoms with E-state index in [2.05, 4.69) is 6.92 Å². The van der Waals surface area contributed by atoms with Gasteiger partial charge in [0, 0.05) is 10.9 Å². The SMILES string of the molecule is CCc1ccccc1-n1nc(-c2ccccc2)c2ccccc2c1=O. The molecule has 0 saturated carbocycles. The lowest BCUT2D eigenvalue weighted by molar-refractivity contribution is 0.813. The Morgan fingerprint density at radius 2 is 1.44 bits per heavy atom. The number of aryl methyl sites for hydroxylation is 1. The first kappa shape index (κ1) is 15.3. The first-order chi connectivity index (χ1) is 12.3. The molecule has 0 amide bonds. The number of rotatable bonds is 3. The van der Waals surface area contributed by atoms with E-state index in [1.807, 2.05) is 78.9 Å². The van der Waals surface area contributed by atoms with Gasteiger partial charge in [0.2, 0.25) is 0 Å². The van der Waals surface area contributed by atoms with Crippen LogP contribution in [0.2, 0.25) is 0 Å². The van der Waals surface area contributed by atoms with Crippen molar-refractivity contribution < 1.29 is 0 Å². The number of aromatic nitrogens is 2. The monoisotopic (exact) mass is 326 g/mol. The normalized spacial score (nSPS) is 10.9. The Balaban J connectivity index is 2.10. The van der Waals surface area contributed by atoms with Gasteiger partial charge in [0.25, 0.3) is 5.56 Å². The average molecular weight is 326 g/mol. The van der Waals surface area contributed by atoms with E-state index in [-0.39, 0.29) is 5.56 Å². The Morgan fingerprint density at radius 1 is 0.800 bits per heavy atom. The second-order valence-electron chi connectivity index (χ2n) is 5.96. The molecule has 1 heterocycles. The number of hydrogen-bond acceptors (Lipinski definition) is 2. The maximum absolute atomic E-state index is 13.1. The minimum Gasteiger partial charge on any atom is -0.267 e. The molecule has 4 aromatic rings. The van der Waals surface area contributed by atoms with E-state index >= 15 is 0 Å². The first-order valence-corrected chi connectivity index (χ1v) is 8.45. The minimum atomic E-state index is -0.0869. The smallest absolute Gasteiger partial charge is 0.267 e. The van der Waals surface area contributed by atoms with Crippen LogP contribution in [0.3, 0.4) is 0 Å². The van der Waals surface area contributed by atoms with Gasteiger partial charge in [0.05, 0.1) is 16.8 Å². The molecular weight excluding hydrogens is 308 g/mol. The van der Waals surface area contributed by atoms with E-state index in [0.717, 1.165) is 34.3 Å². The minimum absolute atomic E-state index is 0.0869. The summed E-state index contributed by atoms with van der Waals surface area (Å²) < 4.78 is 1.55. The van der Waals surface area contributed by atoms with Crippen LogP contribution in [0.1, 0.15) is 12.5 Å². The largest absolute Gasteiger partial charge is 0.279 e. The number of para-hydroxylation sites is 1. The highest BCUT2D eigenvalue weighted by Gasteiger charge is 2.14. The molecule has 0 saturated heterocycles. The summed E-state index contributed by atoms with van der Waals surface area (Å²) in [7, 11) is 0. The molecule has 0 atom stereocenters. The van der Waals surface area contributed by atoms with Crippen LogP contribution in [0, 0.1) is 0 Å². The third kappa shape index (κ3) is 2.64. The molecule has 0 bridgehead atoms. The fourth-order valence-corrected chi connectivity index (χ4v) is 3.18. The summed E-state index contributed by atoms with van der Waals surface area (Å²) in [5.74, 6) is 0. The topological polar surface area (TPSA) is 34.9 Å². The number of fused-ring (bicyclic) bond motifs is 1. The summed E-state index contributed by atoms with van der Waals surface area (Å²) in [4.78, 5) is 13.1. The average Bonchev–Trinajstić information content (AvgIpc) is 2.69. The van der Waals surface area contributed by atoms with E-state index in [9.17, 15) is 4.79 Å². The predicted molar refractivity (Wildman–Crippen MR) is 102 cm³/mol. The fraction of sp³-hybridized carbons (Fsp3) is 0.0909. The van der Waals surface area contributed by atoms with E-state index in [0.29, 0.717) is 5.39 Å². The van der Waals surface area contributed by atoms with Gasteiger partial charge in [-0.1, -0.05) is 73.7 Å². The molecule has 1 aromatic heterocycles. The van der Waals surface area contributed by atoms with Crippen LogP contribution in [0.4, 0.5) is 0 Å². The van der Waals surface area contributed by atoms with E-state index in [4.69, 9.17) is 5.10 Å². The molecule has 25 heavy (non-hydrogen) atoms. The zero-order chi connectivity index (χ0) is 17.2. The number of nitrogens with zero attached hydrogens (tertiary/aromatic N) is 2. The maximum Gasteiger partial charge on any atom is 0.279 e. The van der Waals surface area contributed by atoms with Gasteiger partial charge in [-0.15, -0.1) is 0 Å². The molecule has 3 aromatic carbocycles. The second-order valence-corrected chi connectivity index (χ2v) is 5.96. The second kappa shape index (κ2) is 6.36. The van der Waals surface area contributed by atoms with Gasteiger partial charge < -0.3 is 0 Å². The Bertz CT molecular complexity index is 1100. The Morgan fingerprint density at radius 3 is 2.20 bits per heavy atom. The van der Waals surface area contributed by atoms with Crippen LogP contribution in [0.15, 0.2) is 83.7 Å². The quantitative estimate of drug-likeness (QED) is 0.551. The van der Waals surface area contributed by atoms with Crippen LogP contribution in [-0.4, -0.2) is 9.78 Å². The lowest BCUT2D eigenvalue weighted by atomic mass is 10.0. The van der Waals surface area contributed by atoms with E-state index in [1.54, 1.807) is 4.68 Å². The lowest BCUT2D eigenvalue weighted by Crippen LogP contribution is -2.23. The third-order valence-electron chi connectivity index (χ3n) is 4.45. The van der Waals surface area contributed by atoms with Crippen LogP contribution >= 0.6 is 0 Å². The summed E-state index contributed by atoms with van der Waals surface area (Å²) in [5, 5.41) is 6.31. The van der Waals surface area contributed by atoms with Crippen molar-refractivity contribution in [1.29, 1.82) is 0 Å². The molecule has 0 aliphatic carbocycles. The Labute approximate surface area is 146 Å². The summed E-state index contributed by atoms with van der Waals surface area (Å²) >= 11 is 0. The zero-order valence-corrected chi connectivity index (χ0v) is 14.0. The van der Waals surface area contributed by atoms with Gasteiger partial charge in [-0.25, -0.2) is 0 Å². The zero-order valence-electron chi connectivity index (χ0n) is 14.0. The molecule has 0 aliphatic heterocycles. The van der Waals surface area contributed by atoms with Gasteiger partial charge in [0.1, 0.15) is 0 Å². The molecule has 0 unspecified atom stereocenters. The molecule has 0 spiro atoms. The summed E-state index contributed by atoms with van der Waals surface area (Å²) in [6.45, 7) is 2.09. The molecule has 0 radical (unpaired) electrons. The van der Waals surface area contributed by atoms with Gasteiger partial charge in [0.15, 0.2) is 0 Å². The predicted octanol–water partition coefficient (Wildman–Crippen LogP) is 4.62. The Kier molecular flexibility index (Phi) is 3.90. The van der Waals surface area contributed by atoms with Gasteiger partial charge in [-0.05, 0) is 24.1 Å². The summed E-state index contributed by atoms with van der Waals surface area (Å²) in [5.41, 5.74) is 3.68. The highest BCUT2D eigenvalue weighted by molar-refractivity contribution is 5.93. The van der Waals surface area contributed by atoms with Crippen LogP contribution in [0.25, 0.3) is 27.7 Å². The molecule has 3 nitrogen and oxygen atoms in total. The van der Waals surface area contributed by atoms with Crippen molar-refractivity contribution in [1.82, 2.24) is 9.78 Å². The standard InChI is InChI=1S/C22H18N2O/c1-2-16-10-6-9-15-20(16)24-22(25)19-14-8-7-13-18(19)21(23-24)17-11-4-3-5-12-17/h3-15H,2H2,1H3. The van der Waals surface area contributed by atoms with Crippen molar-refractivity contribution in [2.75, 3.05) is 0 Å². The highest BCUT2D eigenvalue weighted by Crippen LogP contribution is 2.25. The summed E-state index contributed by atoms with van der Waals surface area (Å²) in [6, 6.07) is 25.6. The number of hydrogen-bond donors (Lipinski definition) is 0. The molecule has 4 rings (SSSR count). The van der Waals surface area contributed by atoms with E-state index in [1.165, 1.54) is 0 Å². The molecule has 0 aliphatic rings. The van der Waals surface area contributed by atoms with Gasteiger partial charge >= 0.3 is 0 Å².